The molecule has 6 rings (SSSR count). The minimum Gasteiger partial charge on any atom is -0.494 e. The SMILES string of the molecule is C=C(C)OCC12CN(S(=O)(=O)c3ccc4cc(Cl)ccc4c3)CC(=O)N1CC1(CCN(c3ccncc3)CC1)O2. The predicted octanol–water partition coefficient (Wildman–Crippen LogP) is 4.04. The Morgan fingerprint density at radius 3 is 2.50 bits per heavy atom. The number of hydrogen-bond donors (Lipinski definition) is 0. The molecular formula is C29H31ClN4O5S. The molecule has 0 aliphatic carbocycles. The second-order valence-electron chi connectivity index (χ2n) is 10.8. The van der Waals surface area contributed by atoms with Crippen LogP contribution < -0.4 is 4.90 Å². The second-order valence-corrected chi connectivity index (χ2v) is 13.2. The lowest BCUT2D eigenvalue weighted by atomic mass is 9.91. The molecule has 3 aromatic rings. The van der Waals surface area contributed by atoms with Gasteiger partial charge in [-0.25, -0.2) is 8.42 Å². The number of fused-ring (bicyclic) bond motifs is 2. The van der Waals surface area contributed by atoms with Crippen LogP contribution in [0.15, 0.2) is 78.2 Å². The lowest BCUT2D eigenvalue weighted by molar-refractivity contribution is -0.193. The number of anilines is 1. The van der Waals surface area contributed by atoms with Gasteiger partial charge in [-0.15, -0.1) is 0 Å². The lowest BCUT2D eigenvalue weighted by Crippen LogP contribution is -2.65. The third-order valence-corrected chi connectivity index (χ3v) is 10.1. The molecule has 3 aliphatic rings. The number of allylic oxidation sites excluding steroid dienone is 1. The van der Waals surface area contributed by atoms with Gasteiger partial charge < -0.3 is 19.3 Å². The Kier molecular flexibility index (Phi) is 6.77. The number of sulfonamides is 1. The van der Waals surface area contributed by atoms with Gasteiger partial charge in [-0.2, -0.15) is 4.31 Å². The van der Waals surface area contributed by atoms with Crippen LogP contribution in [0.5, 0.6) is 0 Å². The Labute approximate surface area is 239 Å². The Bertz CT molecular complexity index is 1580. The second kappa shape index (κ2) is 10.0. The molecule has 1 amide bonds. The number of piperazine rings is 1. The molecule has 1 atom stereocenters. The molecule has 3 aliphatic heterocycles. The number of benzene rings is 2. The molecule has 40 heavy (non-hydrogen) atoms. The van der Waals surface area contributed by atoms with E-state index in [1.54, 1.807) is 60.6 Å². The molecule has 0 radical (unpaired) electrons. The fourth-order valence-electron chi connectivity index (χ4n) is 5.97. The fourth-order valence-corrected chi connectivity index (χ4v) is 7.62. The summed E-state index contributed by atoms with van der Waals surface area (Å²) in [6.45, 7) is 7.12. The molecule has 9 nitrogen and oxygen atoms in total. The van der Waals surface area contributed by atoms with Gasteiger partial charge in [-0.05, 0) is 66.9 Å². The molecule has 1 spiro atoms. The van der Waals surface area contributed by atoms with Crippen LogP contribution >= 0.6 is 11.6 Å². The summed E-state index contributed by atoms with van der Waals surface area (Å²) in [5, 5.41) is 2.15. The first-order chi connectivity index (χ1) is 19.1. The number of nitrogens with zero attached hydrogens (tertiary/aromatic N) is 4. The van der Waals surface area contributed by atoms with Crippen LogP contribution in [0.4, 0.5) is 5.69 Å². The minimum absolute atomic E-state index is 0.00781. The van der Waals surface area contributed by atoms with E-state index in [0.717, 1.165) is 29.5 Å². The van der Waals surface area contributed by atoms with Gasteiger partial charge in [0.1, 0.15) is 6.61 Å². The van der Waals surface area contributed by atoms with Crippen LogP contribution in [-0.2, 0) is 24.3 Å². The van der Waals surface area contributed by atoms with Crippen molar-refractivity contribution in [3.63, 3.8) is 0 Å². The largest absolute Gasteiger partial charge is 0.494 e. The number of aromatic nitrogens is 1. The number of halogens is 1. The van der Waals surface area contributed by atoms with Gasteiger partial charge in [0.2, 0.25) is 15.9 Å². The zero-order valence-corrected chi connectivity index (χ0v) is 23.8. The van der Waals surface area contributed by atoms with E-state index in [1.165, 1.54) is 4.31 Å². The maximum Gasteiger partial charge on any atom is 0.243 e. The van der Waals surface area contributed by atoms with Crippen LogP contribution in [0.1, 0.15) is 19.8 Å². The molecule has 0 bridgehead atoms. The number of carbonyl (C=O) groups is 1. The maximum atomic E-state index is 13.9. The molecule has 3 saturated heterocycles. The number of ether oxygens (including phenoxy) is 2. The lowest BCUT2D eigenvalue weighted by Gasteiger charge is -2.44. The number of hydrogen-bond acceptors (Lipinski definition) is 7. The Hall–Kier alpha value is -3.18. The highest BCUT2D eigenvalue weighted by atomic mass is 35.5. The summed E-state index contributed by atoms with van der Waals surface area (Å²) in [5.74, 6) is 0.160. The molecule has 2 aromatic carbocycles. The van der Waals surface area contributed by atoms with Crippen LogP contribution in [0.2, 0.25) is 5.02 Å². The van der Waals surface area contributed by atoms with E-state index in [9.17, 15) is 13.2 Å². The topological polar surface area (TPSA) is 92.3 Å². The van der Waals surface area contributed by atoms with Crippen molar-refractivity contribution in [2.75, 3.05) is 44.2 Å². The average Bonchev–Trinajstić information content (AvgIpc) is 3.27. The first-order valence-corrected chi connectivity index (χ1v) is 15.0. The molecule has 1 unspecified atom stereocenters. The van der Waals surface area contributed by atoms with Gasteiger partial charge in [-0.3, -0.25) is 9.78 Å². The third-order valence-electron chi connectivity index (χ3n) is 8.04. The highest BCUT2D eigenvalue weighted by molar-refractivity contribution is 7.89. The van der Waals surface area contributed by atoms with E-state index in [4.69, 9.17) is 21.1 Å². The predicted molar refractivity (Wildman–Crippen MR) is 152 cm³/mol. The summed E-state index contributed by atoms with van der Waals surface area (Å²) in [4.78, 5) is 21.8. The summed E-state index contributed by atoms with van der Waals surface area (Å²) >= 11 is 6.10. The van der Waals surface area contributed by atoms with E-state index in [-0.39, 0.29) is 30.5 Å². The van der Waals surface area contributed by atoms with Gasteiger partial charge in [0.25, 0.3) is 0 Å². The normalized spacial score (nSPS) is 23.0. The molecule has 3 fully saturated rings. The van der Waals surface area contributed by atoms with Crippen molar-refractivity contribution in [3.8, 4) is 0 Å². The van der Waals surface area contributed by atoms with E-state index < -0.39 is 21.3 Å². The first-order valence-electron chi connectivity index (χ1n) is 13.2. The third kappa shape index (κ3) is 4.83. The monoisotopic (exact) mass is 582 g/mol. The summed E-state index contributed by atoms with van der Waals surface area (Å²) in [6.07, 6.45) is 4.92. The van der Waals surface area contributed by atoms with E-state index in [0.29, 0.717) is 30.2 Å². The number of piperidine rings is 1. The van der Waals surface area contributed by atoms with Crippen LogP contribution in [0, 0.1) is 0 Å². The van der Waals surface area contributed by atoms with Gasteiger partial charge in [0.05, 0.1) is 35.9 Å². The average molecular weight is 583 g/mol. The molecular weight excluding hydrogens is 552 g/mol. The van der Waals surface area contributed by atoms with E-state index in [1.807, 2.05) is 12.1 Å². The highest BCUT2D eigenvalue weighted by Crippen LogP contribution is 2.44. The Morgan fingerprint density at radius 1 is 1.07 bits per heavy atom. The van der Waals surface area contributed by atoms with Crippen molar-refractivity contribution < 1.29 is 22.7 Å². The summed E-state index contributed by atoms with van der Waals surface area (Å²) in [6, 6.07) is 14.1. The fraction of sp³-hybridized carbons (Fsp3) is 0.379. The molecule has 0 N–H and O–H groups in total. The number of pyridine rings is 1. The van der Waals surface area contributed by atoms with Crippen molar-refractivity contribution in [2.45, 2.75) is 36.0 Å². The van der Waals surface area contributed by atoms with Gasteiger partial charge in [-0.1, -0.05) is 30.3 Å². The number of amides is 1. The highest BCUT2D eigenvalue weighted by Gasteiger charge is 2.61. The van der Waals surface area contributed by atoms with Gasteiger partial charge >= 0.3 is 0 Å². The van der Waals surface area contributed by atoms with Crippen molar-refractivity contribution >= 4 is 44.0 Å². The van der Waals surface area contributed by atoms with Crippen molar-refractivity contribution in [3.05, 3.63) is 78.3 Å². The standard InChI is InChI=1S/C29H31ClN4O5S/c1-21(2)38-20-29-19-33(40(36,37)26-6-4-22-15-24(30)5-3-23(22)16-26)17-27(35)34(29)18-28(39-29)9-13-32(14-10-28)25-7-11-31-12-8-25/h3-8,11-12,15-16H,1,9-10,13-14,17-20H2,2H3. The van der Waals surface area contributed by atoms with Crippen LogP contribution in [0.3, 0.4) is 0 Å². The van der Waals surface area contributed by atoms with E-state index >= 15 is 0 Å². The zero-order valence-electron chi connectivity index (χ0n) is 22.3. The van der Waals surface area contributed by atoms with Crippen molar-refractivity contribution in [1.29, 1.82) is 0 Å². The molecule has 1 aromatic heterocycles. The smallest absolute Gasteiger partial charge is 0.243 e. The minimum atomic E-state index is -4.02. The van der Waals surface area contributed by atoms with Crippen molar-refractivity contribution in [1.82, 2.24) is 14.2 Å². The van der Waals surface area contributed by atoms with Crippen molar-refractivity contribution in [2.24, 2.45) is 0 Å². The summed E-state index contributed by atoms with van der Waals surface area (Å²) in [5.41, 5.74) is -0.767. The molecule has 210 valence electrons. The van der Waals surface area contributed by atoms with E-state index in [2.05, 4.69) is 16.5 Å². The Morgan fingerprint density at radius 2 is 1.77 bits per heavy atom. The Balaban J connectivity index is 1.29. The number of carbonyl (C=O) groups excluding carboxylic acids is 1. The molecule has 0 saturated carbocycles. The molecule has 11 heteroatoms. The summed E-state index contributed by atoms with van der Waals surface area (Å²) in [7, 11) is -4.02. The van der Waals surface area contributed by atoms with Gasteiger partial charge in [0, 0.05) is 36.2 Å². The summed E-state index contributed by atoms with van der Waals surface area (Å²) < 4.78 is 41.6. The quantitative estimate of drug-likeness (QED) is 0.405. The zero-order chi connectivity index (χ0) is 28.1. The van der Waals surface area contributed by atoms with Gasteiger partial charge in [0.15, 0.2) is 5.72 Å². The van der Waals surface area contributed by atoms with Crippen LogP contribution in [0.25, 0.3) is 10.8 Å². The maximum absolute atomic E-state index is 13.9. The van der Waals surface area contributed by atoms with Crippen LogP contribution in [-0.4, -0.2) is 79.2 Å². The molecule has 4 heterocycles. The number of rotatable bonds is 6. The first kappa shape index (κ1) is 27.0.